The number of rotatable bonds is 0. The maximum Gasteiger partial charge on any atom is 0.157 e. The summed E-state index contributed by atoms with van der Waals surface area (Å²) in [6, 6.07) is 0. The summed E-state index contributed by atoms with van der Waals surface area (Å²) < 4.78 is 25.8. The van der Waals surface area contributed by atoms with E-state index in [0.717, 1.165) is 5.57 Å². The fraction of sp³-hybridized carbons (Fsp3) is 0.556. The Hall–Kier alpha value is -0.660. The second kappa shape index (κ2) is 2.76. The van der Waals surface area contributed by atoms with Gasteiger partial charge in [-0.05, 0) is 25.8 Å². The fourth-order valence-electron chi connectivity index (χ4n) is 1.28. The van der Waals surface area contributed by atoms with Gasteiger partial charge < -0.3 is 0 Å². The minimum absolute atomic E-state index is 0.279. The van der Waals surface area contributed by atoms with E-state index in [4.69, 9.17) is 0 Å². The van der Waals surface area contributed by atoms with Crippen LogP contribution in [0.15, 0.2) is 22.8 Å². The van der Waals surface area contributed by atoms with Gasteiger partial charge in [-0.25, -0.2) is 8.78 Å². The van der Waals surface area contributed by atoms with Crippen LogP contribution in [0.2, 0.25) is 0 Å². The van der Waals surface area contributed by atoms with Crippen molar-refractivity contribution < 1.29 is 8.78 Å². The number of halogens is 2. The largest absolute Gasteiger partial charge is 0.208 e. The Bertz CT molecular complexity index is 236. The van der Waals surface area contributed by atoms with Crippen molar-refractivity contribution in [3.05, 3.63) is 22.8 Å². The highest BCUT2D eigenvalue weighted by Crippen LogP contribution is 2.35. The zero-order valence-electron chi connectivity index (χ0n) is 7.04. The van der Waals surface area contributed by atoms with E-state index >= 15 is 0 Å². The lowest BCUT2D eigenvalue weighted by Gasteiger charge is -2.18. The van der Waals surface area contributed by atoms with Crippen LogP contribution in [0.5, 0.6) is 0 Å². The van der Waals surface area contributed by atoms with Gasteiger partial charge in [-0.2, -0.15) is 0 Å². The summed E-state index contributed by atoms with van der Waals surface area (Å²) >= 11 is 0. The van der Waals surface area contributed by atoms with Crippen molar-refractivity contribution >= 4 is 0 Å². The van der Waals surface area contributed by atoms with Gasteiger partial charge in [-0.3, -0.25) is 0 Å². The smallest absolute Gasteiger partial charge is 0.157 e. The quantitative estimate of drug-likeness (QED) is 0.506. The van der Waals surface area contributed by atoms with Crippen molar-refractivity contribution in [2.75, 3.05) is 0 Å². The maximum absolute atomic E-state index is 12.9. The van der Waals surface area contributed by atoms with Gasteiger partial charge in [0.1, 0.15) is 5.83 Å². The number of allylic oxidation sites excluding steroid dienone is 4. The van der Waals surface area contributed by atoms with E-state index in [2.05, 4.69) is 0 Å². The van der Waals surface area contributed by atoms with Gasteiger partial charge in [0.2, 0.25) is 0 Å². The van der Waals surface area contributed by atoms with E-state index in [0.29, 0.717) is 12.0 Å². The minimum Gasteiger partial charge on any atom is -0.208 e. The van der Waals surface area contributed by atoms with E-state index in [1.165, 1.54) is 0 Å². The molecule has 0 saturated carbocycles. The zero-order chi connectivity index (χ0) is 8.59. The van der Waals surface area contributed by atoms with Crippen molar-refractivity contribution in [2.45, 2.75) is 27.2 Å². The Morgan fingerprint density at radius 1 is 1.27 bits per heavy atom. The lowest BCUT2D eigenvalue weighted by molar-refractivity contribution is 0.431. The Labute approximate surface area is 65.6 Å². The molecule has 0 aliphatic heterocycles. The maximum atomic E-state index is 12.9. The van der Waals surface area contributed by atoms with Crippen molar-refractivity contribution in [1.29, 1.82) is 0 Å². The average Bonchev–Trinajstić information content (AvgIpc) is 1.97. The summed E-state index contributed by atoms with van der Waals surface area (Å²) in [5, 5.41) is 0. The SMILES string of the molecule is CC1=C(C)C(F)=C(F)C(C)C1. The third kappa shape index (κ3) is 1.35. The summed E-state index contributed by atoms with van der Waals surface area (Å²) in [5.74, 6) is -1.52. The molecule has 1 atom stereocenters. The lowest BCUT2D eigenvalue weighted by Crippen LogP contribution is -2.06. The van der Waals surface area contributed by atoms with Crippen molar-refractivity contribution in [2.24, 2.45) is 5.92 Å². The van der Waals surface area contributed by atoms with Gasteiger partial charge in [-0.15, -0.1) is 0 Å². The van der Waals surface area contributed by atoms with Crippen LogP contribution in [0, 0.1) is 5.92 Å². The van der Waals surface area contributed by atoms with E-state index in [1.54, 1.807) is 13.8 Å². The average molecular weight is 158 g/mol. The van der Waals surface area contributed by atoms with Gasteiger partial charge in [0.25, 0.3) is 0 Å². The molecule has 0 saturated heterocycles. The molecule has 1 rings (SSSR count). The summed E-state index contributed by atoms with van der Waals surface area (Å²) in [4.78, 5) is 0. The Morgan fingerprint density at radius 2 is 1.82 bits per heavy atom. The van der Waals surface area contributed by atoms with Crippen LogP contribution in [0.3, 0.4) is 0 Å². The molecule has 0 fully saturated rings. The first-order valence-corrected chi connectivity index (χ1v) is 3.76. The molecule has 1 aliphatic carbocycles. The fourth-order valence-corrected chi connectivity index (χ4v) is 1.28. The van der Waals surface area contributed by atoms with Crippen LogP contribution in [0.25, 0.3) is 0 Å². The van der Waals surface area contributed by atoms with Crippen molar-refractivity contribution in [3.8, 4) is 0 Å². The molecule has 0 aromatic rings. The van der Waals surface area contributed by atoms with Crippen LogP contribution in [0.4, 0.5) is 8.78 Å². The predicted octanol–water partition coefficient (Wildman–Crippen LogP) is 3.51. The van der Waals surface area contributed by atoms with Crippen LogP contribution >= 0.6 is 0 Å². The first-order chi connectivity index (χ1) is 5.04. The lowest BCUT2D eigenvalue weighted by atomic mass is 9.91. The highest BCUT2D eigenvalue weighted by molar-refractivity contribution is 5.35. The molecular weight excluding hydrogens is 146 g/mol. The van der Waals surface area contributed by atoms with Gasteiger partial charge in [0, 0.05) is 5.92 Å². The van der Waals surface area contributed by atoms with Gasteiger partial charge in [-0.1, -0.05) is 12.5 Å². The molecule has 2 heteroatoms. The first kappa shape index (κ1) is 8.44. The van der Waals surface area contributed by atoms with Gasteiger partial charge in [0.05, 0.1) is 0 Å². The third-order valence-corrected chi connectivity index (χ3v) is 2.22. The summed E-state index contributed by atoms with van der Waals surface area (Å²) in [7, 11) is 0. The van der Waals surface area contributed by atoms with E-state index in [1.807, 2.05) is 6.92 Å². The monoisotopic (exact) mass is 158 g/mol. The molecule has 1 aliphatic rings. The second-order valence-corrected chi connectivity index (χ2v) is 3.17. The molecule has 0 heterocycles. The molecule has 0 aromatic heterocycles. The highest BCUT2D eigenvalue weighted by atomic mass is 19.2. The zero-order valence-corrected chi connectivity index (χ0v) is 7.04. The molecule has 0 bridgehead atoms. The van der Waals surface area contributed by atoms with Crippen LogP contribution in [-0.4, -0.2) is 0 Å². The molecule has 11 heavy (non-hydrogen) atoms. The van der Waals surface area contributed by atoms with Crippen LogP contribution < -0.4 is 0 Å². The molecule has 0 nitrogen and oxygen atoms in total. The highest BCUT2D eigenvalue weighted by Gasteiger charge is 2.22. The molecule has 0 aromatic carbocycles. The second-order valence-electron chi connectivity index (χ2n) is 3.17. The number of hydrogen-bond donors (Lipinski definition) is 0. The van der Waals surface area contributed by atoms with E-state index in [9.17, 15) is 8.78 Å². The van der Waals surface area contributed by atoms with Gasteiger partial charge >= 0.3 is 0 Å². The third-order valence-electron chi connectivity index (χ3n) is 2.22. The van der Waals surface area contributed by atoms with Crippen LogP contribution in [0.1, 0.15) is 27.2 Å². The van der Waals surface area contributed by atoms with E-state index in [-0.39, 0.29) is 5.92 Å². The normalized spacial score (nSPS) is 26.5. The standard InChI is InChI=1S/C9H12F2/c1-5-4-6(2)8(10)9(11)7(5)3/h6H,4H2,1-3H3. The minimum atomic E-state index is -0.652. The predicted molar refractivity (Wildman–Crippen MR) is 41.4 cm³/mol. The first-order valence-electron chi connectivity index (χ1n) is 3.76. The molecule has 0 radical (unpaired) electrons. The molecule has 0 amide bonds. The van der Waals surface area contributed by atoms with Gasteiger partial charge in [0.15, 0.2) is 5.83 Å². The Morgan fingerprint density at radius 3 is 2.36 bits per heavy atom. The topological polar surface area (TPSA) is 0 Å². The molecule has 0 spiro atoms. The molecule has 1 unspecified atom stereocenters. The number of hydrogen-bond acceptors (Lipinski definition) is 0. The Kier molecular flexibility index (Phi) is 2.12. The summed E-state index contributed by atoms with van der Waals surface area (Å²) in [6.45, 7) is 5.17. The molecule has 0 N–H and O–H groups in total. The van der Waals surface area contributed by atoms with E-state index < -0.39 is 11.7 Å². The molecular formula is C9H12F2. The van der Waals surface area contributed by atoms with Crippen molar-refractivity contribution in [3.63, 3.8) is 0 Å². The molecule has 62 valence electrons. The summed E-state index contributed by atoms with van der Waals surface area (Å²) in [6.07, 6.45) is 0.644. The van der Waals surface area contributed by atoms with Crippen molar-refractivity contribution in [1.82, 2.24) is 0 Å². The van der Waals surface area contributed by atoms with Crippen LogP contribution in [-0.2, 0) is 0 Å². The summed E-state index contributed by atoms with van der Waals surface area (Å²) in [5.41, 5.74) is 1.43. The Balaban J connectivity index is 3.07.